The van der Waals surface area contributed by atoms with Gasteiger partial charge in [0.2, 0.25) is 11.8 Å². The average molecular weight is 317 g/mol. The van der Waals surface area contributed by atoms with Gasteiger partial charge in [-0.1, -0.05) is 12.1 Å². The van der Waals surface area contributed by atoms with Gasteiger partial charge in [-0.2, -0.15) is 0 Å². The quantitative estimate of drug-likeness (QED) is 0.866. The van der Waals surface area contributed by atoms with Gasteiger partial charge < -0.3 is 19.9 Å². The highest BCUT2D eigenvalue weighted by atomic mass is 16.5. The number of carbonyl (C=O) groups excluding carboxylic acids is 2. The highest BCUT2D eigenvalue weighted by Crippen LogP contribution is 2.26. The summed E-state index contributed by atoms with van der Waals surface area (Å²) in [5.41, 5.74) is 1.01. The molecule has 2 aliphatic heterocycles. The smallest absolute Gasteiger partial charge is 0.246 e. The van der Waals surface area contributed by atoms with Crippen LogP contribution in [0.2, 0.25) is 0 Å². The van der Waals surface area contributed by atoms with Gasteiger partial charge in [0.05, 0.1) is 7.11 Å². The molecule has 1 aromatic rings. The molecule has 2 heterocycles. The number of fused-ring (bicyclic) bond motifs is 1. The highest BCUT2D eigenvalue weighted by molar-refractivity contribution is 5.97. The number of nitrogens with zero attached hydrogens (tertiary/aromatic N) is 2. The van der Waals surface area contributed by atoms with Crippen LogP contribution in [0.5, 0.6) is 5.75 Å². The lowest BCUT2D eigenvalue weighted by Crippen LogP contribution is -2.61. The zero-order valence-corrected chi connectivity index (χ0v) is 13.8. The first kappa shape index (κ1) is 15.8. The van der Waals surface area contributed by atoms with Crippen LogP contribution in [-0.4, -0.2) is 67.5 Å². The van der Waals surface area contributed by atoms with E-state index in [9.17, 15) is 9.59 Å². The van der Waals surface area contributed by atoms with Gasteiger partial charge in [-0.15, -0.1) is 0 Å². The standard InChI is InChI=1S/C17H23N3O3/c1-19(2)12-9-15-16(21)18-14(17(22)20(15)10-12)8-11-4-6-13(23-3)7-5-11/h4-7,12,14-15H,8-10H2,1-3H3,(H,18,21)/t12-,14+,15+/m1/s1. The van der Waals surface area contributed by atoms with Gasteiger partial charge in [0, 0.05) is 19.0 Å². The van der Waals surface area contributed by atoms with Crippen molar-refractivity contribution in [1.82, 2.24) is 15.1 Å². The van der Waals surface area contributed by atoms with E-state index in [0.29, 0.717) is 19.4 Å². The molecule has 2 aliphatic rings. The fraction of sp³-hybridized carbons (Fsp3) is 0.529. The topological polar surface area (TPSA) is 61.9 Å². The van der Waals surface area contributed by atoms with Crippen molar-refractivity contribution in [3.8, 4) is 5.75 Å². The van der Waals surface area contributed by atoms with Crippen molar-refractivity contribution < 1.29 is 14.3 Å². The second-order valence-electron chi connectivity index (χ2n) is 6.47. The summed E-state index contributed by atoms with van der Waals surface area (Å²) in [5, 5.41) is 2.89. The largest absolute Gasteiger partial charge is 0.497 e. The molecule has 124 valence electrons. The molecular weight excluding hydrogens is 294 g/mol. The Balaban J connectivity index is 1.72. The predicted molar refractivity (Wildman–Crippen MR) is 86.2 cm³/mol. The van der Waals surface area contributed by atoms with Crippen LogP contribution in [0.3, 0.4) is 0 Å². The van der Waals surface area contributed by atoms with Crippen LogP contribution >= 0.6 is 0 Å². The first-order chi connectivity index (χ1) is 11.0. The molecule has 0 spiro atoms. The molecule has 0 aliphatic carbocycles. The van der Waals surface area contributed by atoms with E-state index in [4.69, 9.17) is 4.74 Å². The molecule has 1 N–H and O–H groups in total. The number of amides is 2. The monoisotopic (exact) mass is 317 g/mol. The van der Waals surface area contributed by atoms with Crippen molar-refractivity contribution in [3.63, 3.8) is 0 Å². The first-order valence-corrected chi connectivity index (χ1v) is 7.90. The number of nitrogens with one attached hydrogen (secondary N) is 1. The van der Waals surface area contributed by atoms with Crippen LogP contribution in [-0.2, 0) is 16.0 Å². The van der Waals surface area contributed by atoms with E-state index < -0.39 is 6.04 Å². The minimum atomic E-state index is -0.479. The molecule has 0 radical (unpaired) electrons. The molecule has 0 aromatic heterocycles. The molecule has 23 heavy (non-hydrogen) atoms. The Morgan fingerprint density at radius 1 is 1.26 bits per heavy atom. The minimum absolute atomic E-state index is 0.0229. The highest BCUT2D eigenvalue weighted by Gasteiger charge is 2.46. The summed E-state index contributed by atoms with van der Waals surface area (Å²) < 4.78 is 5.14. The molecule has 3 rings (SSSR count). The van der Waals surface area contributed by atoms with Crippen LogP contribution in [0.4, 0.5) is 0 Å². The van der Waals surface area contributed by atoms with Crippen molar-refractivity contribution in [1.29, 1.82) is 0 Å². The summed E-state index contributed by atoms with van der Waals surface area (Å²) in [7, 11) is 5.59. The zero-order valence-electron chi connectivity index (χ0n) is 13.8. The second kappa shape index (κ2) is 6.20. The molecule has 3 atom stereocenters. The van der Waals surface area contributed by atoms with Crippen LogP contribution < -0.4 is 10.1 Å². The van der Waals surface area contributed by atoms with E-state index in [1.807, 2.05) is 38.4 Å². The minimum Gasteiger partial charge on any atom is -0.497 e. The van der Waals surface area contributed by atoms with Crippen LogP contribution in [0.25, 0.3) is 0 Å². The van der Waals surface area contributed by atoms with E-state index in [1.165, 1.54) is 0 Å². The summed E-state index contributed by atoms with van der Waals surface area (Å²) in [6.07, 6.45) is 1.21. The number of likely N-dealkylation sites (N-methyl/N-ethyl adjacent to an activating group) is 1. The van der Waals surface area contributed by atoms with Crippen molar-refractivity contribution in [2.75, 3.05) is 27.7 Å². The van der Waals surface area contributed by atoms with Crippen molar-refractivity contribution in [2.24, 2.45) is 0 Å². The van der Waals surface area contributed by atoms with Crippen LogP contribution in [0, 0.1) is 0 Å². The van der Waals surface area contributed by atoms with Gasteiger partial charge in [0.25, 0.3) is 0 Å². The number of ether oxygens (including phenoxy) is 1. The Morgan fingerprint density at radius 2 is 1.96 bits per heavy atom. The molecule has 6 nitrogen and oxygen atoms in total. The predicted octanol–water partition coefficient (Wildman–Crippen LogP) is 0.267. The Morgan fingerprint density at radius 3 is 2.57 bits per heavy atom. The van der Waals surface area contributed by atoms with Crippen molar-refractivity contribution in [2.45, 2.75) is 31.0 Å². The Kier molecular flexibility index (Phi) is 4.26. The van der Waals surface area contributed by atoms with E-state index in [0.717, 1.165) is 11.3 Å². The molecule has 0 saturated carbocycles. The SMILES string of the molecule is COc1ccc(C[C@@H]2NC(=O)[C@@H]3C[C@@H](N(C)C)CN3C2=O)cc1. The summed E-state index contributed by atoms with van der Waals surface area (Å²) >= 11 is 0. The number of benzene rings is 1. The molecule has 0 bridgehead atoms. The lowest BCUT2D eigenvalue weighted by atomic mass is 10.0. The van der Waals surface area contributed by atoms with Crippen LogP contribution in [0.1, 0.15) is 12.0 Å². The first-order valence-electron chi connectivity index (χ1n) is 7.90. The molecule has 0 unspecified atom stereocenters. The normalized spacial score (nSPS) is 27.1. The number of hydrogen-bond acceptors (Lipinski definition) is 4. The van der Waals surface area contributed by atoms with Crippen molar-refractivity contribution in [3.05, 3.63) is 29.8 Å². The third-order valence-corrected chi connectivity index (χ3v) is 4.81. The molecule has 6 heteroatoms. The second-order valence-corrected chi connectivity index (χ2v) is 6.47. The third-order valence-electron chi connectivity index (χ3n) is 4.81. The summed E-state index contributed by atoms with van der Waals surface area (Å²) in [4.78, 5) is 28.9. The van der Waals surface area contributed by atoms with Crippen LogP contribution in [0.15, 0.2) is 24.3 Å². The fourth-order valence-electron chi connectivity index (χ4n) is 3.35. The number of methoxy groups -OCH3 is 1. The molecular formula is C17H23N3O3. The van der Waals surface area contributed by atoms with Crippen molar-refractivity contribution >= 4 is 11.8 Å². The fourth-order valence-corrected chi connectivity index (χ4v) is 3.35. The molecule has 2 fully saturated rings. The summed E-state index contributed by atoms with van der Waals surface area (Å²) in [5.74, 6) is 0.767. The molecule has 1 aromatic carbocycles. The lowest BCUT2D eigenvalue weighted by Gasteiger charge is -2.34. The zero-order chi connectivity index (χ0) is 16.6. The maximum Gasteiger partial charge on any atom is 0.246 e. The maximum absolute atomic E-state index is 12.7. The lowest BCUT2D eigenvalue weighted by molar-refractivity contribution is -0.147. The maximum atomic E-state index is 12.7. The third kappa shape index (κ3) is 3.03. The summed E-state index contributed by atoms with van der Waals surface area (Å²) in [6, 6.07) is 7.04. The number of piperazine rings is 1. The number of carbonyl (C=O) groups is 2. The van der Waals surface area contributed by atoms with Gasteiger partial charge in [-0.05, 0) is 38.2 Å². The van der Waals surface area contributed by atoms with E-state index in [1.54, 1.807) is 12.0 Å². The number of rotatable bonds is 4. The Bertz CT molecular complexity index is 600. The van der Waals surface area contributed by atoms with E-state index in [-0.39, 0.29) is 23.9 Å². The van der Waals surface area contributed by atoms with Gasteiger partial charge >= 0.3 is 0 Å². The molecule has 2 saturated heterocycles. The Labute approximate surface area is 136 Å². The van der Waals surface area contributed by atoms with E-state index in [2.05, 4.69) is 10.2 Å². The number of hydrogen-bond donors (Lipinski definition) is 1. The molecule has 2 amide bonds. The van der Waals surface area contributed by atoms with E-state index >= 15 is 0 Å². The van der Waals surface area contributed by atoms with Gasteiger partial charge in [0.1, 0.15) is 17.8 Å². The average Bonchev–Trinajstić information content (AvgIpc) is 2.99. The summed E-state index contributed by atoms with van der Waals surface area (Å²) in [6.45, 7) is 0.628. The van der Waals surface area contributed by atoms with Gasteiger partial charge in [0.15, 0.2) is 0 Å². The van der Waals surface area contributed by atoms with Gasteiger partial charge in [-0.25, -0.2) is 0 Å². The van der Waals surface area contributed by atoms with Gasteiger partial charge in [-0.3, -0.25) is 9.59 Å². The Hall–Kier alpha value is -2.08.